The second-order valence-electron chi connectivity index (χ2n) is 6.83. The van der Waals surface area contributed by atoms with Crippen LogP contribution < -0.4 is 5.32 Å². The van der Waals surface area contributed by atoms with Crippen LogP contribution in [-0.2, 0) is 16.6 Å². The van der Waals surface area contributed by atoms with Crippen LogP contribution >= 0.6 is 0 Å². The highest BCUT2D eigenvalue weighted by atomic mass is 16.4. The summed E-state index contributed by atoms with van der Waals surface area (Å²) in [4.78, 5) is 11.4. The van der Waals surface area contributed by atoms with E-state index < -0.39 is 12.0 Å². The van der Waals surface area contributed by atoms with E-state index in [0.717, 1.165) is 12.0 Å². The number of carbonyl (C=O) groups is 1. The van der Waals surface area contributed by atoms with Gasteiger partial charge in [-0.3, -0.25) is 4.79 Å². The maximum absolute atomic E-state index is 11.4. The second-order valence-corrected chi connectivity index (χ2v) is 6.83. The van der Waals surface area contributed by atoms with Crippen LogP contribution in [0.1, 0.15) is 43.5 Å². The van der Waals surface area contributed by atoms with Gasteiger partial charge in [-0.2, -0.15) is 0 Å². The Morgan fingerprint density at radius 2 is 1.65 bits per heavy atom. The van der Waals surface area contributed by atoms with Crippen LogP contribution in [0.25, 0.3) is 0 Å². The monoisotopic (exact) mass is 311 g/mol. The van der Waals surface area contributed by atoms with Gasteiger partial charge in [0.2, 0.25) is 0 Å². The SMILES string of the molecule is CC(C)(C)c1ccc(CCN[C@H](C(=O)O)c2ccccc2)cc1. The Morgan fingerprint density at radius 3 is 2.17 bits per heavy atom. The lowest BCUT2D eigenvalue weighted by Gasteiger charge is -2.19. The molecule has 2 N–H and O–H groups in total. The molecule has 0 saturated heterocycles. The first-order valence-electron chi connectivity index (χ1n) is 7.98. The van der Waals surface area contributed by atoms with Gasteiger partial charge in [-0.15, -0.1) is 0 Å². The first-order chi connectivity index (χ1) is 10.9. The van der Waals surface area contributed by atoms with Gasteiger partial charge in [0, 0.05) is 6.54 Å². The summed E-state index contributed by atoms with van der Waals surface area (Å²) >= 11 is 0. The molecule has 0 aromatic heterocycles. The third-order valence-corrected chi connectivity index (χ3v) is 3.96. The molecule has 0 spiro atoms. The lowest BCUT2D eigenvalue weighted by atomic mass is 9.86. The molecule has 122 valence electrons. The minimum absolute atomic E-state index is 0.151. The molecule has 2 aromatic rings. The Balaban J connectivity index is 1.94. The number of rotatable bonds is 6. The van der Waals surface area contributed by atoms with Crippen molar-refractivity contribution in [2.45, 2.75) is 38.6 Å². The van der Waals surface area contributed by atoms with E-state index in [1.165, 1.54) is 11.1 Å². The van der Waals surface area contributed by atoms with E-state index in [1.807, 2.05) is 30.3 Å². The molecule has 0 saturated carbocycles. The van der Waals surface area contributed by atoms with Crippen molar-refractivity contribution < 1.29 is 9.90 Å². The largest absolute Gasteiger partial charge is 0.480 e. The lowest BCUT2D eigenvalue weighted by molar-refractivity contribution is -0.139. The van der Waals surface area contributed by atoms with Crippen LogP contribution in [0, 0.1) is 0 Å². The number of carboxylic acids is 1. The predicted molar refractivity (Wildman–Crippen MR) is 93.7 cm³/mol. The first-order valence-corrected chi connectivity index (χ1v) is 7.98. The fourth-order valence-corrected chi connectivity index (χ4v) is 2.53. The van der Waals surface area contributed by atoms with Crippen molar-refractivity contribution >= 4 is 5.97 Å². The standard InChI is InChI=1S/C20H25NO2/c1-20(2,3)17-11-9-15(10-12-17)13-14-21-18(19(22)23)16-7-5-4-6-8-16/h4-12,18,21H,13-14H2,1-3H3,(H,22,23)/t18-/m0/s1. The van der Waals surface area contributed by atoms with Gasteiger partial charge in [-0.05, 0) is 28.5 Å². The molecular weight excluding hydrogens is 286 g/mol. The number of carboxylic acid groups (broad SMARTS) is 1. The second kappa shape index (κ2) is 7.42. The van der Waals surface area contributed by atoms with Crippen LogP contribution in [0.4, 0.5) is 0 Å². The number of hydrogen-bond donors (Lipinski definition) is 2. The smallest absolute Gasteiger partial charge is 0.325 e. The Kier molecular flexibility index (Phi) is 5.56. The third-order valence-electron chi connectivity index (χ3n) is 3.96. The van der Waals surface area contributed by atoms with Crippen molar-refractivity contribution in [3.63, 3.8) is 0 Å². The van der Waals surface area contributed by atoms with Gasteiger partial charge in [-0.1, -0.05) is 75.4 Å². The average molecular weight is 311 g/mol. The molecule has 23 heavy (non-hydrogen) atoms. The van der Waals surface area contributed by atoms with Crippen LogP contribution in [0.2, 0.25) is 0 Å². The Bertz CT molecular complexity index is 627. The first kappa shape index (κ1) is 17.2. The number of nitrogens with one attached hydrogen (secondary N) is 1. The highest BCUT2D eigenvalue weighted by Gasteiger charge is 2.18. The van der Waals surface area contributed by atoms with Crippen LogP contribution in [0.3, 0.4) is 0 Å². The molecule has 0 aliphatic carbocycles. The molecule has 2 aromatic carbocycles. The molecule has 3 nitrogen and oxygen atoms in total. The van der Waals surface area contributed by atoms with Crippen LogP contribution in [0.15, 0.2) is 54.6 Å². The summed E-state index contributed by atoms with van der Waals surface area (Å²) in [5.41, 5.74) is 3.45. The van der Waals surface area contributed by atoms with Gasteiger partial charge in [0.15, 0.2) is 0 Å². The molecule has 0 radical (unpaired) electrons. The molecule has 1 atom stereocenters. The molecule has 3 heteroatoms. The Morgan fingerprint density at radius 1 is 1.04 bits per heavy atom. The average Bonchev–Trinajstić information content (AvgIpc) is 2.51. The summed E-state index contributed by atoms with van der Waals surface area (Å²) in [7, 11) is 0. The summed E-state index contributed by atoms with van der Waals surface area (Å²) in [5, 5.41) is 12.5. The topological polar surface area (TPSA) is 49.3 Å². The lowest BCUT2D eigenvalue weighted by Crippen LogP contribution is -2.30. The number of hydrogen-bond acceptors (Lipinski definition) is 2. The zero-order valence-corrected chi connectivity index (χ0v) is 14.0. The number of benzene rings is 2. The summed E-state index contributed by atoms with van der Waals surface area (Å²) in [5.74, 6) is -0.848. The minimum Gasteiger partial charge on any atom is -0.480 e. The maximum Gasteiger partial charge on any atom is 0.325 e. The molecule has 0 aliphatic rings. The van der Waals surface area contributed by atoms with Gasteiger partial charge >= 0.3 is 5.97 Å². The van der Waals surface area contributed by atoms with Gasteiger partial charge < -0.3 is 10.4 Å². The van der Waals surface area contributed by atoms with E-state index in [0.29, 0.717) is 6.54 Å². The van der Waals surface area contributed by atoms with Crippen molar-refractivity contribution in [3.05, 3.63) is 71.3 Å². The minimum atomic E-state index is -0.848. The molecule has 2 rings (SSSR count). The van der Waals surface area contributed by atoms with E-state index in [-0.39, 0.29) is 5.41 Å². The van der Waals surface area contributed by atoms with Crippen molar-refractivity contribution in [1.29, 1.82) is 0 Å². The van der Waals surface area contributed by atoms with Crippen molar-refractivity contribution in [2.24, 2.45) is 0 Å². The van der Waals surface area contributed by atoms with E-state index in [4.69, 9.17) is 0 Å². The zero-order valence-electron chi connectivity index (χ0n) is 14.0. The van der Waals surface area contributed by atoms with Gasteiger partial charge in [0.25, 0.3) is 0 Å². The summed E-state index contributed by atoms with van der Waals surface area (Å²) in [6.45, 7) is 7.21. The normalized spacial score (nSPS) is 12.8. The van der Waals surface area contributed by atoms with Crippen molar-refractivity contribution in [2.75, 3.05) is 6.54 Å². The van der Waals surface area contributed by atoms with E-state index in [1.54, 1.807) is 0 Å². The van der Waals surface area contributed by atoms with Crippen molar-refractivity contribution in [1.82, 2.24) is 5.32 Å². The quantitative estimate of drug-likeness (QED) is 0.849. The Labute approximate surface area is 138 Å². The maximum atomic E-state index is 11.4. The molecule has 0 bridgehead atoms. The Hall–Kier alpha value is -2.13. The summed E-state index contributed by atoms with van der Waals surface area (Å²) in [6, 6.07) is 17.2. The molecule has 0 aliphatic heterocycles. The fourth-order valence-electron chi connectivity index (χ4n) is 2.53. The van der Waals surface area contributed by atoms with E-state index in [2.05, 4.69) is 50.4 Å². The van der Waals surface area contributed by atoms with Crippen molar-refractivity contribution in [3.8, 4) is 0 Å². The number of aliphatic carboxylic acids is 1. The van der Waals surface area contributed by atoms with E-state index in [9.17, 15) is 9.90 Å². The summed E-state index contributed by atoms with van der Waals surface area (Å²) in [6.07, 6.45) is 0.807. The fraction of sp³-hybridized carbons (Fsp3) is 0.350. The molecule has 0 unspecified atom stereocenters. The van der Waals surface area contributed by atoms with Gasteiger partial charge in [-0.25, -0.2) is 0 Å². The molecule has 0 fully saturated rings. The summed E-state index contributed by atoms with van der Waals surface area (Å²) < 4.78 is 0. The molecule has 0 heterocycles. The third kappa shape index (κ3) is 4.93. The van der Waals surface area contributed by atoms with Crippen LogP contribution in [-0.4, -0.2) is 17.6 Å². The van der Waals surface area contributed by atoms with E-state index >= 15 is 0 Å². The highest BCUT2D eigenvalue weighted by molar-refractivity contribution is 5.75. The highest BCUT2D eigenvalue weighted by Crippen LogP contribution is 2.22. The zero-order chi connectivity index (χ0) is 16.9. The predicted octanol–water partition coefficient (Wildman–Crippen LogP) is 3.94. The molecule has 0 amide bonds. The molecular formula is C20H25NO2. The van der Waals surface area contributed by atoms with Gasteiger partial charge in [0.05, 0.1) is 0 Å². The van der Waals surface area contributed by atoms with Crippen LogP contribution in [0.5, 0.6) is 0 Å². The van der Waals surface area contributed by atoms with Gasteiger partial charge in [0.1, 0.15) is 6.04 Å².